The number of aromatic nitrogens is 1. The van der Waals surface area contributed by atoms with Crippen LogP contribution in [0.1, 0.15) is 46.0 Å². The van der Waals surface area contributed by atoms with Gasteiger partial charge < -0.3 is 15.0 Å². The highest BCUT2D eigenvalue weighted by molar-refractivity contribution is 6.02. The molecule has 2 rings (SSSR count). The van der Waals surface area contributed by atoms with Crippen molar-refractivity contribution in [1.29, 1.82) is 0 Å². The van der Waals surface area contributed by atoms with Crippen LogP contribution in [0.25, 0.3) is 0 Å². The Morgan fingerprint density at radius 3 is 2.29 bits per heavy atom. The van der Waals surface area contributed by atoms with E-state index in [1.165, 1.54) is 13.8 Å². The highest BCUT2D eigenvalue weighted by Gasteiger charge is 2.24. The van der Waals surface area contributed by atoms with E-state index in [2.05, 4.69) is 10.3 Å². The normalized spacial score (nSPS) is 11.7. The van der Waals surface area contributed by atoms with E-state index < -0.39 is 18.0 Å². The van der Waals surface area contributed by atoms with Gasteiger partial charge in [0.2, 0.25) is 0 Å². The minimum absolute atomic E-state index is 0.129. The minimum atomic E-state index is -0.971. The van der Waals surface area contributed by atoms with Crippen LogP contribution in [0, 0.1) is 13.8 Å². The van der Waals surface area contributed by atoms with Crippen LogP contribution < -0.4 is 5.32 Å². The van der Waals surface area contributed by atoms with Crippen molar-refractivity contribution in [3.05, 3.63) is 52.8 Å². The Morgan fingerprint density at radius 1 is 1.12 bits per heavy atom. The van der Waals surface area contributed by atoms with Crippen molar-refractivity contribution in [2.75, 3.05) is 5.32 Å². The summed E-state index contributed by atoms with van der Waals surface area (Å²) in [5.41, 5.74) is 2.42. The van der Waals surface area contributed by atoms with Gasteiger partial charge in [0.05, 0.1) is 0 Å². The molecule has 0 aliphatic carbocycles. The summed E-state index contributed by atoms with van der Waals surface area (Å²) in [7, 11) is 0. The molecule has 0 spiro atoms. The van der Waals surface area contributed by atoms with Crippen LogP contribution in [0.5, 0.6) is 0 Å². The molecule has 0 aliphatic rings. The zero-order valence-corrected chi connectivity index (χ0v) is 14.1. The van der Waals surface area contributed by atoms with Gasteiger partial charge >= 0.3 is 5.97 Å². The molecule has 1 heterocycles. The summed E-state index contributed by atoms with van der Waals surface area (Å²) in [4.78, 5) is 38.8. The van der Waals surface area contributed by atoms with Gasteiger partial charge in [0.15, 0.2) is 11.9 Å². The number of para-hydroxylation sites is 1. The van der Waals surface area contributed by atoms with Gasteiger partial charge in [-0.25, -0.2) is 4.79 Å². The number of amides is 1. The van der Waals surface area contributed by atoms with Gasteiger partial charge in [0.25, 0.3) is 5.91 Å². The summed E-state index contributed by atoms with van der Waals surface area (Å²) in [5.74, 6) is -1.23. The van der Waals surface area contributed by atoms with Crippen molar-refractivity contribution >= 4 is 23.3 Å². The topological polar surface area (TPSA) is 88.3 Å². The van der Waals surface area contributed by atoms with E-state index in [1.807, 2.05) is 6.07 Å². The van der Waals surface area contributed by atoms with Crippen molar-refractivity contribution in [2.24, 2.45) is 0 Å². The standard InChI is InChI=1S/C18H20N2O4/c1-10-15(12(3)21)11(2)19-16(10)18(23)24-13(4)17(22)20-14-8-6-5-7-9-14/h5-9,13,19H,1-4H3,(H,20,22)/t13-/m1/s1. The molecule has 6 nitrogen and oxygen atoms in total. The SMILES string of the molecule is CC(=O)c1c(C)[nH]c(C(=O)O[C@H](C)C(=O)Nc2ccccc2)c1C. The molecule has 1 amide bonds. The fourth-order valence-corrected chi connectivity index (χ4v) is 2.52. The van der Waals surface area contributed by atoms with Gasteiger partial charge in [-0.1, -0.05) is 18.2 Å². The number of benzene rings is 1. The van der Waals surface area contributed by atoms with E-state index in [0.29, 0.717) is 22.5 Å². The summed E-state index contributed by atoms with van der Waals surface area (Å²) in [5, 5.41) is 2.67. The largest absolute Gasteiger partial charge is 0.448 e. The monoisotopic (exact) mass is 328 g/mol. The van der Waals surface area contributed by atoms with Crippen molar-refractivity contribution < 1.29 is 19.1 Å². The fourth-order valence-electron chi connectivity index (χ4n) is 2.52. The fraction of sp³-hybridized carbons (Fsp3) is 0.278. The third-order valence-electron chi connectivity index (χ3n) is 3.69. The van der Waals surface area contributed by atoms with Crippen LogP contribution >= 0.6 is 0 Å². The van der Waals surface area contributed by atoms with Gasteiger partial charge in [-0.05, 0) is 45.4 Å². The number of H-pyrrole nitrogens is 1. The predicted octanol–water partition coefficient (Wildman–Crippen LogP) is 3.02. The average Bonchev–Trinajstić information content (AvgIpc) is 2.83. The smallest absolute Gasteiger partial charge is 0.355 e. The Morgan fingerprint density at radius 2 is 1.75 bits per heavy atom. The second kappa shape index (κ2) is 7.12. The molecule has 0 radical (unpaired) electrons. The summed E-state index contributed by atoms with van der Waals surface area (Å²) in [6.07, 6.45) is -0.971. The van der Waals surface area contributed by atoms with Crippen LogP contribution in [0.4, 0.5) is 5.69 Å². The Labute approximate surface area is 140 Å². The lowest BCUT2D eigenvalue weighted by molar-refractivity contribution is -0.123. The van der Waals surface area contributed by atoms with E-state index in [1.54, 1.807) is 38.1 Å². The molecule has 24 heavy (non-hydrogen) atoms. The first-order valence-corrected chi connectivity index (χ1v) is 7.58. The van der Waals surface area contributed by atoms with Gasteiger partial charge in [-0.3, -0.25) is 9.59 Å². The molecule has 0 unspecified atom stereocenters. The molecule has 1 aromatic heterocycles. The maximum absolute atomic E-state index is 12.3. The average molecular weight is 328 g/mol. The predicted molar refractivity (Wildman–Crippen MR) is 90.2 cm³/mol. The van der Waals surface area contributed by atoms with E-state index in [-0.39, 0.29) is 11.5 Å². The van der Waals surface area contributed by atoms with Crippen molar-refractivity contribution in [3.8, 4) is 0 Å². The third kappa shape index (κ3) is 3.71. The number of carbonyl (C=O) groups is 3. The zero-order valence-electron chi connectivity index (χ0n) is 14.1. The highest BCUT2D eigenvalue weighted by Crippen LogP contribution is 2.19. The second-order valence-electron chi connectivity index (χ2n) is 5.58. The Bertz CT molecular complexity index is 778. The van der Waals surface area contributed by atoms with Gasteiger partial charge in [0, 0.05) is 16.9 Å². The van der Waals surface area contributed by atoms with E-state index in [4.69, 9.17) is 4.74 Å². The van der Waals surface area contributed by atoms with E-state index in [9.17, 15) is 14.4 Å². The molecular formula is C18H20N2O4. The van der Waals surface area contributed by atoms with Crippen molar-refractivity contribution in [1.82, 2.24) is 4.98 Å². The maximum atomic E-state index is 12.3. The quantitative estimate of drug-likeness (QED) is 0.652. The molecule has 0 saturated heterocycles. The molecular weight excluding hydrogens is 308 g/mol. The zero-order chi connectivity index (χ0) is 17.9. The first kappa shape index (κ1) is 17.5. The number of nitrogens with one attached hydrogen (secondary N) is 2. The van der Waals surface area contributed by atoms with Crippen LogP contribution in [0.3, 0.4) is 0 Å². The number of ether oxygens (including phenoxy) is 1. The van der Waals surface area contributed by atoms with Gasteiger partial charge in [-0.2, -0.15) is 0 Å². The van der Waals surface area contributed by atoms with Crippen LogP contribution in [-0.2, 0) is 9.53 Å². The number of carbonyl (C=O) groups excluding carboxylic acids is 3. The van der Waals surface area contributed by atoms with Gasteiger partial charge in [0.1, 0.15) is 5.69 Å². The molecule has 0 saturated carbocycles. The van der Waals surface area contributed by atoms with Crippen molar-refractivity contribution in [3.63, 3.8) is 0 Å². The Balaban J connectivity index is 2.08. The number of anilines is 1. The van der Waals surface area contributed by atoms with E-state index in [0.717, 1.165) is 0 Å². The van der Waals surface area contributed by atoms with Crippen LogP contribution in [-0.4, -0.2) is 28.7 Å². The van der Waals surface area contributed by atoms with Crippen molar-refractivity contribution in [2.45, 2.75) is 33.8 Å². The highest BCUT2D eigenvalue weighted by atomic mass is 16.5. The number of esters is 1. The molecule has 0 bridgehead atoms. The molecule has 0 aliphatic heterocycles. The minimum Gasteiger partial charge on any atom is -0.448 e. The first-order chi connectivity index (χ1) is 11.3. The molecule has 2 N–H and O–H groups in total. The van der Waals surface area contributed by atoms with Gasteiger partial charge in [-0.15, -0.1) is 0 Å². The Hall–Kier alpha value is -2.89. The third-order valence-corrected chi connectivity index (χ3v) is 3.69. The number of hydrogen-bond acceptors (Lipinski definition) is 4. The van der Waals surface area contributed by atoms with E-state index >= 15 is 0 Å². The molecule has 1 aromatic carbocycles. The van der Waals surface area contributed by atoms with Crippen LogP contribution in [0.2, 0.25) is 0 Å². The van der Waals surface area contributed by atoms with Crippen LogP contribution in [0.15, 0.2) is 30.3 Å². The lowest BCUT2D eigenvalue weighted by atomic mass is 10.1. The summed E-state index contributed by atoms with van der Waals surface area (Å²) < 4.78 is 5.21. The first-order valence-electron chi connectivity index (χ1n) is 7.58. The number of aromatic amines is 1. The number of aryl methyl sites for hydroxylation is 1. The molecule has 2 aromatic rings. The lowest BCUT2D eigenvalue weighted by Gasteiger charge is -2.13. The molecule has 126 valence electrons. The molecule has 1 atom stereocenters. The number of rotatable bonds is 5. The Kier molecular flexibility index (Phi) is 5.18. The number of hydrogen-bond donors (Lipinski definition) is 2. The summed E-state index contributed by atoms with van der Waals surface area (Å²) in [6, 6.07) is 8.90. The summed E-state index contributed by atoms with van der Waals surface area (Å²) >= 11 is 0. The molecule has 6 heteroatoms. The maximum Gasteiger partial charge on any atom is 0.355 e. The lowest BCUT2D eigenvalue weighted by Crippen LogP contribution is -2.30. The number of ketones is 1. The second-order valence-corrected chi connectivity index (χ2v) is 5.58. The molecule has 0 fully saturated rings. The number of Topliss-reactive ketones (excluding diaryl/α,β-unsaturated/α-hetero) is 1. The summed E-state index contributed by atoms with van der Waals surface area (Å²) in [6.45, 7) is 6.32.